The van der Waals surface area contributed by atoms with E-state index in [1.54, 1.807) is 11.3 Å². The predicted molar refractivity (Wildman–Crippen MR) is 61.7 cm³/mol. The molecule has 1 aromatic heterocycles. The Bertz CT molecular complexity index is 271. The highest BCUT2D eigenvalue weighted by Crippen LogP contribution is 2.31. The molecule has 1 aliphatic rings. The van der Waals surface area contributed by atoms with Gasteiger partial charge in [-0.25, -0.2) is 4.98 Å². The Morgan fingerprint density at radius 1 is 1.36 bits per heavy atom. The molecular formula is C11H18N2S. The van der Waals surface area contributed by atoms with E-state index in [4.69, 9.17) is 0 Å². The molecule has 3 unspecified atom stereocenters. The normalized spacial score (nSPS) is 32.9. The molecule has 1 saturated carbocycles. The van der Waals surface area contributed by atoms with Gasteiger partial charge in [-0.3, -0.25) is 0 Å². The molecule has 2 rings (SSSR count). The molecule has 0 spiro atoms. The number of rotatable bonds is 2. The summed E-state index contributed by atoms with van der Waals surface area (Å²) in [5.41, 5.74) is 0. The molecule has 0 amide bonds. The Morgan fingerprint density at radius 3 is 2.86 bits per heavy atom. The van der Waals surface area contributed by atoms with Crippen LogP contribution in [0.25, 0.3) is 0 Å². The Balaban J connectivity index is 1.88. The van der Waals surface area contributed by atoms with Crippen molar-refractivity contribution in [2.24, 2.45) is 11.8 Å². The molecule has 2 nitrogen and oxygen atoms in total. The standard InChI is InChI=1S/C11H18N2S/c1-8-3-4-10(7-9(8)2)13-11-12-5-6-14-11/h5-6,8-10H,3-4,7H2,1-2H3,(H,12,13). The van der Waals surface area contributed by atoms with Gasteiger partial charge in [0, 0.05) is 17.6 Å². The van der Waals surface area contributed by atoms with Crippen molar-refractivity contribution in [3.05, 3.63) is 11.6 Å². The second-order valence-electron chi connectivity index (χ2n) is 4.45. The molecule has 1 N–H and O–H groups in total. The minimum absolute atomic E-state index is 0.646. The highest BCUT2D eigenvalue weighted by Gasteiger charge is 2.24. The minimum atomic E-state index is 0.646. The Kier molecular flexibility index (Phi) is 3.06. The SMILES string of the molecule is CC1CCC(Nc2nccs2)CC1C. The van der Waals surface area contributed by atoms with Crippen molar-refractivity contribution in [3.63, 3.8) is 0 Å². The van der Waals surface area contributed by atoms with Crippen molar-refractivity contribution < 1.29 is 0 Å². The number of anilines is 1. The van der Waals surface area contributed by atoms with Gasteiger partial charge in [-0.15, -0.1) is 11.3 Å². The molecule has 1 fully saturated rings. The van der Waals surface area contributed by atoms with Crippen LogP contribution >= 0.6 is 11.3 Å². The lowest BCUT2D eigenvalue weighted by atomic mass is 9.79. The van der Waals surface area contributed by atoms with E-state index in [-0.39, 0.29) is 0 Å². The third-order valence-electron chi connectivity index (χ3n) is 3.36. The molecule has 78 valence electrons. The minimum Gasteiger partial charge on any atom is -0.359 e. The van der Waals surface area contributed by atoms with Crippen LogP contribution in [0, 0.1) is 11.8 Å². The lowest BCUT2D eigenvalue weighted by Gasteiger charge is -2.32. The number of hydrogen-bond donors (Lipinski definition) is 1. The highest BCUT2D eigenvalue weighted by atomic mass is 32.1. The Labute approximate surface area is 89.8 Å². The largest absolute Gasteiger partial charge is 0.359 e. The number of aromatic nitrogens is 1. The van der Waals surface area contributed by atoms with Gasteiger partial charge in [-0.05, 0) is 31.1 Å². The fourth-order valence-electron chi connectivity index (χ4n) is 2.15. The number of nitrogens with one attached hydrogen (secondary N) is 1. The Hall–Kier alpha value is -0.570. The van der Waals surface area contributed by atoms with E-state index in [1.807, 2.05) is 11.6 Å². The molecule has 3 atom stereocenters. The average molecular weight is 210 g/mol. The van der Waals surface area contributed by atoms with Gasteiger partial charge in [-0.1, -0.05) is 13.8 Å². The van der Waals surface area contributed by atoms with Gasteiger partial charge >= 0.3 is 0 Å². The lowest BCUT2D eigenvalue weighted by Crippen LogP contribution is -2.30. The molecule has 1 aromatic rings. The molecule has 0 radical (unpaired) electrons. The summed E-state index contributed by atoms with van der Waals surface area (Å²) >= 11 is 1.70. The van der Waals surface area contributed by atoms with Gasteiger partial charge in [0.1, 0.15) is 0 Å². The van der Waals surface area contributed by atoms with Gasteiger partial charge < -0.3 is 5.32 Å². The van der Waals surface area contributed by atoms with E-state index in [0.29, 0.717) is 6.04 Å². The second kappa shape index (κ2) is 4.30. The summed E-state index contributed by atoms with van der Waals surface area (Å²) in [7, 11) is 0. The first kappa shape index (κ1) is 9.97. The summed E-state index contributed by atoms with van der Waals surface area (Å²) in [5.74, 6) is 1.74. The smallest absolute Gasteiger partial charge is 0.182 e. The zero-order valence-electron chi connectivity index (χ0n) is 8.86. The van der Waals surface area contributed by atoms with Crippen molar-refractivity contribution in [1.82, 2.24) is 4.98 Å². The Morgan fingerprint density at radius 2 is 2.21 bits per heavy atom. The molecule has 1 aliphatic carbocycles. The molecule has 0 saturated heterocycles. The quantitative estimate of drug-likeness (QED) is 0.809. The van der Waals surface area contributed by atoms with Gasteiger partial charge in [0.25, 0.3) is 0 Å². The summed E-state index contributed by atoms with van der Waals surface area (Å²) in [6, 6.07) is 0.646. The fraction of sp³-hybridized carbons (Fsp3) is 0.727. The second-order valence-corrected chi connectivity index (χ2v) is 5.34. The summed E-state index contributed by atoms with van der Waals surface area (Å²) in [6.07, 6.45) is 5.80. The molecule has 3 heteroatoms. The summed E-state index contributed by atoms with van der Waals surface area (Å²) in [6.45, 7) is 4.73. The summed E-state index contributed by atoms with van der Waals surface area (Å²) in [4.78, 5) is 4.26. The fourth-order valence-corrected chi connectivity index (χ4v) is 2.76. The van der Waals surface area contributed by atoms with Crippen molar-refractivity contribution in [2.45, 2.75) is 39.2 Å². The van der Waals surface area contributed by atoms with Crippen LogP contribution in [0.1, 0.15) is 33.1 Å². The molecule has 0 aromatic carbocycles. The van der Waals surface area contributed by atoms with Crippen molar-refractivity contribution in [3.8, 4) is 0 Å². The van der Waals surface area contributed by atoms with E-state index in [0.717, 1.165) is 17.0 Å². The first-order valence-electron chi connectivity index (χ1n) is 5.41. The first-order chi connectivity index (χ1) is 6.75. The molecule has 14 heavy (non-hydrogen) atoms. The highest BCUT2D eigenvalue weighted by molar-refractivity contribution is 7.13. The first-order valence-corrected chi connectivity index (χ1v) is 6.29. The topological polar surface area (TPSA) is 24.9 Å². The van der Waals surface area contributed by atoms with E-state index in [9.17, 15) is 0 Å². The van der Waals surface area contributed by atoms with Gasteiger partial charge in [-0.2, -0.15) is 0 Å². The maximum atomic E-state index is 4.26. The van der Waals surface area contributed by atoms with Gasteiger partial charge in [0.05, 0.1) is 0 Å². The third-order valence-corrected chi connectivity index (χ3v) is 4.06. The maximum absolute atomic E-state index is 4.26. The van der Waals surface area contributed by atoms with Crippen molar-refractivity contribution >= 4 is 16.5 Å². The zero-order chi connectivity index (χ0) is 9.97. The number of thiazole rings is 1. The summed E-state index contributed by atoms with van der Waals surface area (Å²) < 4.78 is 0. The van der Waals surface area contributed by atoms with Crippen LogP contribution in [0.4, 0.5) is 5.13 Å². The van der Waals surface area contributed by atoms with Gasteiger partial charge in [0.2, 0.25) is 0 Å². The van der Waals surface area contributed by atoms with E-state index >= 15 is 0 Å². The van der Waals surface area contributed by atoms with Gasteiger partial charge in [0.15, 0.2) is 5.13 Å². The van der Waals surface area contributed by atoms with Crippen molar-refractivity contribution in [2.75, 3.05) is 5.32 Å². The molecular weight excluding hydrogens is 192 g/mol. The van der Waals surface area contributed by atoms with Crippen LogP contribution in [0.15, 0.2) is 11.6 Å². The van der Waals surface area contributed by atoms with Crippen LogP contribution in [0.5, 0.6) is 0 Å². The number of hydrogen-bond acceptors (Lipinski definition) is 3. The third kappa shape index (κ3) is 2.27. The van der Waals surface area contributed by atoms with E-state index in [1.165, 1.54) is 19.3 Å². The monoisotopic (exact) mass is 210 g/mol. The molecule has 1 heterocycles. The summed E-state index contributed by atoms with van der Waals surface area (Å²) in [5, 5.41) is 6.62. The maximum Gasteiger partial charge on any atom is 0.182 e. The van der Waals surface area contributed by atoms with Crippen molar-refractivity contribution in [1.29, 1.82) is 0 Å². The average Bonchev–Trinajstić information content (AvgIpc) is 2.64. The van der Waals surface area contributed by atoms with Crippen LogP contribution in [0.2, 0.25) is 0 Å². The van der Waals surface area contributed by atoms with Crippen LogP contribution in [-0.4, -0.2) is 11.0 Å². The molecule has 0 aliphatic heterocycles. The van der Waals surface area contributed by atoms with E-state index < -0.39 is 0 Å². The number of nitrogens with zero attached hydrogens (tertiary/aromatic N) is 1. The van der Waals surface area contributed by atoms with E-state index in [2.05, 4.69) is 24.1 Å². The van der Waals surface area contributed by atoms with Crippen LogP contribution < -0.4 is 5.32 Å². The lowest BCUT2D eigenvalue weighted by molar-refractivity contribution is 0.261. The predicted octanol–water partition coefficient (Wildman–Crippen LogP) is 3.38. The zero-order valence-corrected chi connectivity index (χ0v) is 9.68. The van der Waals surface area contributed by atoms with Crippen LogP contribution in [0.3, 0.4) is 0 Å². The molecule has 0 bridgehead atoms. The van der Waals surface area contributed by atoms with Crippen LogP contribution in [-0.2, 0) is 0 Å².